The first-order valence-electron chi connectivity index (χ1n) is 8.05. The highest BCUT2D eigenvalue weighted by molar-refractivity contribution is 6.33. The number of rotatable bonds is 4. The van der Waals surface area contributed by atoms with Crippen LogP contribution >= 0.6 is 11.6 Å². The van der Waals surface area contributed by atoms with Gasteiger partial charge in [-0.3, -0.25) is 4.98 Å². The molecular formula is C20H23ClN4. The number of pyridine rings is 1. The lowest BCUT2D eigenvalue weighted by atomic mass is 9.97. The number of hydrogen-bond donors (Lipinski definition) is 1. The van der Waals surface area contributed by atoms with Crippen molar-refractivity contribution in [1.82, 2.24) is 4.98 Å². The molecule has 0 aliphatic carbocycles. The predicted molar refractivity (Wildman–Crippen MR) is 108 cm³/mol. The molecule has 1 aromatic heterocycles. The topological polar surface area (TPSA) is 63.6 Å². The SMILES string of the molecule is C/C(C=NN=Cc1ccccc1Cl)=C(/N)c1c(C)nc(C)c(C)c1C. The Bertz CT molecular complexity index is 880. The highest BCUT2D eigenvalue weighted by Crippen LogP contribution is 2.24. The van der Waals surface area contributed by atoms with Gasteiger partial charge >= 0.3 is 0 Å². The van der Waals surface area contributed by atoms with E-state index in [1.165, 1.54) is 0 Å². The molecule has 0 saturated carbocycles. The summed E-state index contributed by atoms with van der Waals surface area (Å²) in [5.74, 6) is 0. The number of benzene rings is 1. The Morgan fingerprint density at radius 2 is 1.72 bits per heavy atom. The zero-order valence-corrected chi connectivity index (χ0v) is 16.0. The fourth-order valence-electron chi connectivity index (χ4n) is 2.58. The van der Waals surface area contributed by atoms with Crippen molar-refractivity contribution in [2.75, 3.05) is 0 Å². The van der Waals surface area contributed by atoms with Gasteiger partial charge in [-0.25, -0.2) is 0 Å². The highest BCUT2D eigenvalue weighted by atomic mass is 35.5. The van der Waals surface area contributed by atoms with Crippen molar-refractivity contribution in [1.29, 1.82) is 0 Å². The lowest BCUT2D eigenvalue weighted by molar-refractivity contribution is 1.05. The van der Waals surface area contributed by atoms with E-state index < -0.39 is 0 Å². The van der Waals surface area contributed by atoms with Crippen LogP contribution in [-0.4, -0.2) is 17.4 Å². The van der Waals surface area contributed by atoms with Gasteiger partial charge in [0.2, 0.25) is 0 Å². The summed E-state index contributed by atoms with van der Waals surface area (Å²) in [7, 11) is 0. The van der Waals surface area contributed by atoms with Gasteiger partial charge in [0.15, 0.2) is 0 Å². The molecule has 0 bridgehead atoms. The summed E-state index contributed by atoms with van der Waals surface area (Å²) < 4.78 is 0. The largest absolute Gasteiger partial charge is 0.398 e. The second-order valence-electron chi connectivity index (χ2n) is 6.01. The first-order chi connectivity index (χ1) is 11.8. The molecule has 0 radical (unpaired) electrons. The van der Waals surface area contributed by atoms with Gasteiger partial charge in [-0.05, 0) is 57.4 Å². The van der Waals surface area contributed by atoms with Gasteiger partial charge in [0.05, 0.1) is 12.4 Å². The summed E-state index contributed by atoms with van der Waals surface area (Å²) in [6, 6.07) is 7.47. The highest BCUT2D eigenvalue weighted by Gasteiger charge is 2.13. The third-order valence-electron chi connectivity index (χ3n) is 4.29. The van der Waals surface area contributed by atoms with Crippen LogP contribution < -0.4 is 5.73 Å². The fourth-order valence-corrected chi connectivity index (χ4v) is 2.76. The molecular weight excluding hydrogens is 332 g/mol. The third kappa shape index (κ3) is 4.34. The van der Waals surface area contributed by atoms with E-state index in [1.807, 2.05) is 45.0 Å². The maximum Gasteiger partial charge on any atom is 0.0583 e. The molecule has 0 atom stereocenters. The van der Waals surface area contributed by atoms with Crippen molar-refractivity contribution in [2.24, 2.45) is 15.9 Å². The van der Waals surface area contributed by atoms with E-state index in [9.17, 15) is 0 Å². The Morgan fingerprint density at radius 1 is 1.04 bits per heavy atom. The van der Waals surface area contributed by atoms with E-state index in [2.05, 4.69) is 29.0 Å². The molecule has 130 valence electrons. The molecule has 0 fully saturated rings. The molecule has 0 aliphatic rings. The molecule has 0 spiro atoms. The van der Waals surface area contributed by atoms with E-state index >= 15 is 0 Å². The predicted octanol–water partition coefficient (Wildman–Crippen LogP) is 4.76. The van der Waals surface area contributed by atoms with Crippen molar-refractivity contribution < 1.29 is 0 Å². The van der Waals surface area contributed by atoms with Gasteiger partial charge in [-0.1, -0.05) is 29.8 Å². The first kappa shape index (κ1) is 18.9. The molecule has 2 N–H and O–H groups in total. The molecule has 5 heteroatoms. The zero-order chi connectivity index (χ0) is 18.6. The minimum absolute atomic E-state index is 0.640. The fraction of sp³-hybridized carbons (Fsp3) is 0.250. The minimum Gasteiger partial charge on any atom is -0.398 e. The number of allylic oxidation sites excluding steroid dienone is 1. The van der Waals surface area contributed by atoms with Crippen LogP contribution in [0.3, 0.4) is 0 Å². The smallest absolute Gasteiger partial charge is 0.0583 e. The lowest BCUT2D eigenvalue weighted by Gasteiger charge is -2.15. The third-order valence-corrected chi connectivity index (χ3v) is 4.64. The molecule has 1 heterocycles. The van der Waals surface area contributed by atoms with Crippen molar-refractivity contribution in [3.05, 3.63) is 68.5 Å². The average molecular weight is 355 g/mol. The number of aromatic nitrogens is 1. The van der Waals surface area contributed by atoms with E-state index in [-0.39, 0.29) is 0 Å². The molecule has 2 rings (SSSR count). The Hall–Kier alpha value is -2.46. The minimum atomic E-state index is 0.640. The summed E-state index contributed by atoms with van der Waals surface area (Å²) in [5, 5.41) is 8.77. The summed E-state index contributed by atoms with van der Waals surface area (Å²) in [6.45, 7) is 10.0. The number of nitrogens with two attached hydrogens (primary N) is 1. The van der Waals surface area contributed by atoms with Crippen molar-refractivity contribution in [3.8, 4) is 0 Å². The van der Waals surface area contributed by atoms with Gasteiger partial charge in [0, 0.05) is 33.2 Å². The molecule has 4 nitrogen and oxygen atoms in total. The number of hydrogen-bond acceptors (Lipinski definition) is 4. The first-order valence-corrected chi connectivity index (χ1v) is 8.42. The van der Waals surface area contributed by atoms with Crippen LogP contribution in [-0.2, 0) is 0 Å². The Kier molecular flexibility index (Phi) is 6.10. The van der Waals surface area contributed by atoms with E-state index in [0.717, 1.165) is 39.2 Å². The van der Waals surface area contributed by atoms with Gasteiger partial charge in [-0.15, -0.1) is 0 Å². The molecule has 0 saturated heterocycles. The zero-order valence-electron chi connectivity index (χ0n) is 15.3. The van der Waals surface area contributed by atoms with Crippen molar-refractivity contribution in [2.45, 2.75) is 34.6 Å². The Balaban J connectivity index is 2.28. The van der Waals surface area contributed by atoms with Gasteiger partial charge in [-0.2, -0.15) is 10.2 Å². The molecule has 0 unspecified atom stereocenters. The van der Waals surface area contributed by atoms with Crippen LogP contribution in [0.2, 0.25) is 5.02 Å². The summed E-state index contributed by atoms with van der Waals surface area (Å²) in [4.78, 5) is 4.58. The summed E-state index contributed by atoms with van der Waals surface area (Å²) in [5.41, 5.74) is 13.9. The normalized spacial score (nSPS) is 12.9. The van der Waals surface area contributed by atoms with Crippen LogP contribution in [0.1, 0.15) is 40.6 Å². The molecule has 1 aromatic carbocycles. The quantitative estimate of drug-likeness (QED) is 0.635. The van der Waals surface area contributed by atoms with Crippen molar-refractivity contribution in [3.63, 3.8) is 0 Å². The average Bonchev–Trinajstić information content (AvgIpc) is 2.57. The summed E-state index contributed by atoms with van der Waals surface area (Å²) in [6.07, 6.45) is 3.27. The summed E-state index contributed by atoms with van der Waals surface area (Å²) >= 11 is 6.08. The molecule has 0 aliphatic heterocycles. The van der Waals surface area contributed by atoms with Crippen LogP contribution in [0.4, 0.5) is 0 Å². The van der Waals surface area contributed by atoms with E-state index in [1.54, 1.807) is 12.4 Å². The van der Waals surface area contributed by atoms with E-state index in [4.69, 9.17) is 17.3 Å². The monoisotopic (exact) mass is 354 g/mol. The number of aryl methyl sites for hydroxylation is 2. The second kappa shape index (κ2) is 8.08. The van der Waals surface area contributed by atoms with Crippen LogP contribution in [0, 0.1) is 27.7 Å². The van der Waals surface area contributed by atoms with Gasteiger partial charge < -0.3 is 5.73 Å². The van der Waals surface area contributed by atoms with Gasteiger partial charge in [0.25, 0.3) is 0 Å². The van der Waals surface area contributed by atoms with Crippen LogP contribution in [0.15, 0.2) is 40.0 Å². The van der Waals surface area contributed by atoms with Crippen LogP contribution in [0.5, 0.6) is 0 Å². The Labute approximate surface area is 154 Å². The molecule has 25 heavy (non-hydrogen) atoms. The second-order valence-corrected chi connectivity index (χ2v) is 6.42. The number of halogens is 1. The Morgan fingerprint density at radius 3 is 2.40 bits per heavy atom. The standard InChI is InChI=1S/C20H23ClN4/c1-12(10-23-24-11-17-8-6-7-9-18(17)21)20(22)19-14(3)13(2)15(4)25-16(19)5/h6-11H,22H2,1-5H3/b20-12-,23-10?,24-11?. The molecule has 2 aromatic rings. The van der Waals surface area contributed by atoms with Crippen LogP contribution in [0.25, 0.3) is 5.70 Å². The lowest BCUT2D eigenvalue weighted by Crippen LogP contribution is -2.09. The molecule has 0 amide bonds. The van der Waals surface area contributed by atoms with Gasteiger partial charge in [0.1, 0.15) is 0 Å². The van der Waals surface area contributed by atoms with Crippen molar-refractivity contribution >= 4 is 29.7 Å². The number of nitrogens with zero attached hydrogens (tertiary/aromatic N) is 3. The van der Waals surface area contributed by atoms with E-state index in [0.29, 0.717) is 10.7 Å². The maximum absolute atomic E-state index is 6.35. The maximum atomic E-state index is 6.35.